The number of carbonyl (C=O) groups excluding carboxylic acids is 1. The summed E-state index contributed by atoms with van der Waals surface area (Å²) < 4.78 is 11.6. The standard InChI is InChI=1S/C37H32N2O3/c1-2-41-36(40)33(26-27-22-24-28(25-23-27)35-38-32-20-12-13-21-34(32)42-35)39-37(29-14-6-3-7-15-29,30-16-8-4-9-17-30)31-18-10-5-11-19-31/h3-25,33,39H,2,26H2,1H3. The first-order valence-electron chi connectivity index (χ1n) is 14.2. The lowest BCUT2D eigenvalue weighted by Crippen LogP contribution is -2.53. The Morgan fingerprint density at radius 1 is 0.738 bits per heavy atom. The summed E-state index contributed by atoms with van der Waals surface area (Å²) in [6, 6.07) is 45.9. The largest absolute Gasteiger partial charge is 0.465 e. The third-order valence-corrected chi connectivity index (χ3v) is 7.52. The molecule has 0 aliphatic heterocycles. The van der Waals surface area contributed by atoms with Gasteiger partial charge in [-0.15, -0.1) is 0 Å². The van der Waals surface area contributed by atoms with E-state index in [1.807, 2.05) is 110 Å². The molecule has 1 N–H and O–H groups in total. The normalized spacial score (nSPS) is 12.2. The quantitative estimate of drug-likeness (QED) is 0.140. The maximum absolute atomic E-state index is 13.6. The van der Waals surface area contributed by atoms with Crippen LogP contribution in [0.3, 0.4) is 0 Å². The van der Waals surface area contributed by atoms with E-state index >= 15 is 0 Å². The van der Waals surface area contributed by atoms with Gasteiger partial charge in [-0.3, -0.25) is 10.1 Å². The molecule has 0 radical (unpaired) electrons. The molecule has 5 nitrogen and oxygen atoms in total. The molecule has 0 aliphatic carbocycles. The smallest absolute Gasteiger partial charge is 0.323 e. The highest BCUT2D eigenvalue weighted by atomic mass is 16.5. The Morgan fingerprint density at radius 2 is 1.26 bits per heavy atom. The molecule has 0 aliphatic rings. The first kappa shape index (κ1) is 27.2. The molecular formula is C37H32N2O3. The van der Waals surface area contributed by atoms with E-state index in [4.69, 9.17) is 9.15 Å². The van der Waals surface area contributed by atoms with E-state index in [0.717, 1.165) is 38.9 Å². The number of hydrogen-bond donors (Lipinski definition) is 1. The van der Waals surface area contributed by atoms with Crippen LogP contribution in [0.1, 0.15) is 29.2 Å². The van der Waals surface area contributed by atoms with Crippen LogP contribution in [0.4, 0.5) is 0 Å². The van der Waals surface area contributed by atoms with Crippen LogP contribution in [-0.4, -0.2) is 23.6 Å². The van der Waals surface area contributed by atoms with Crippen LogP contribution >= 0.6 is 0 Å². The summed E-state index contributed by atoms with van der Waals surface area (Å²) in [6.07, 6.45) is 0.431. The van der Waals surface area contributed by atoms with Crippen molar-refractivity contribution in [1.29, 1.82) is 0 Å². The Balaban J connectivity index is 1.39. The van der Waals surface area contributed by atoms with E-state index in [0.29, 0.717) is 18.9 Å². The summed E-state index contributed by atoms with van der Waals surface area (Å²) in [7, 11) is 0. The van der Waals surface area contributed by atoms with Gasteiger partial charge in [-0.1, -0.05) is 115 Å². The fourth-order valence-corrected chi connectivity index (χ4v) is 5.53. The van der Waals surface area contributed by atoms with Crippen LogP contribution in [0.15, 0.2) is 144 Å². The van der Waals surface area contributed by atoms with Crippen molar-refractivity contribution in [2.45, 2.75) is 24.9 Å². The SMILES string of the molecule is CCOC(=O)C(Cc1ccc(-c2nc3ccccc3o2)cc1)NC(c1ccccc1)(c1ccccc1)c1ccccc1. The second kappa shape index (κ2) is 12.2. The number of nitrogens with zero attached hydrogens (tertiary/aromatic N) is 1. The minimum atomic E-state index is -0.806. The number of para-hydroxylation sites is 2. The number of oxazole rings is 1. The Morgan fingerprint density at radius 3 is 1.79 bits per heavy atom. The molecule has 1 unspecified atom stereocenters. The zero-order valence-electron chi connectivity index (χ0n) is 23.4. The molecule has 1 aromatic heterocycles. The van der Waals surface area contributed by atoms with E-state index in [-0.39, 0.29) is 5.97 Å². The maximum Gasteiger partial charge on any atom is 0.323 e. The summed E-state index contributed by atoms with van der Waals surface area (Å²) in [4.78, 5) is 18.2. The summed E-state index contributed by atoms with van der Waals surface area (Å²) in [6.45, 7) is 2.13. The molecule has 42 heavy (non-hydrogen) atoms. The van der Waals surface area contributed by atoms with Crippen molar-refractivity contribution in [1.82, 2.24) is 10.3 Å². The first-order valence-corrected chi connectivity index (χ1v) is 14.2. The van der Waals surface area contributed by atoms with Crippen molar-refractivity contribution >= 4 is 17.1 Å². The van der Waals surface area contributed by atoms with Gasteiger partial charge in [0.15, 0.2) is 5.58 Å². The molecule has 0 fully saturated rings. The summed E-state index contributed by atoms with van der Waals surface area (Å²) in [5.41, 5.74) is 5.73. The van der Waals surface area contributed by atoms with Gasteiger partial charge in [0, 0.05) is 5.56 Å². The molecule has 1 atom stereocenters. The number of hydrogen-bond acceptors (Lipinski definition) is 5. The molecule has 0 spiro atoms. The third-order valence-electron chi connectivity index (χ3n) is 7.52. The second-order valence-electron chi connectivity index (χ2n) is 10.2. The Hall–Kier alpha value is -5.00. The fraction of sp³-hybridized carbons (Fsp3) is 0.135. The molecule has 1 heterocycles. The van der Waals surface area contributed by atoms with Crippen LogP contribution < -0.4 is 5.32 Å². The number of nitrogens with one attached hydrogen (secondary N) is 1. The van der Waals surface area contributed by atoms with E-state index in [1.165, 1.54) is 0 Å². The van der Waals surface area contributed by atoms with Gasteiger partial charge in [0.25, 0.3) is 0 Å². The maximum atomic E-state index is 13.6. The lowest BCUT2D eigenvalue weighted by atomic mass is 9.76. The minimum Gasteiger partial charge on any atom is -0.465 e. The van der Waals surface area contributed by atoms with Crippen molar-refractivity contribution < 1.29 is 13.9 Å². The van der Waals surface area contributed by atoms with E-state index in [2.05, 4.69) is 46.7 Å². The predicted octanol–water partition coefficient (Wildman–Crippen LogP) is 7.55. The molecule has 0 bridgehead atoms. The molecule has 0 saturated carbocycles. The summed E-state index contributed by atoms with van der Waals surface area (Å²) in [5.74, 6) is 0.270. The Kier molecular flexibility index (Phi) is 7.93. The monoisotopic (exact) mass is 552 g/mol. The van der Waals surface area contributed by atoms with Crippen molar-refractivity contribution in [2.75, 3.05) is 6.61 Å². The Labute approximate surface area is 245 Å². The second-order valence-corrected chi connectivity index (χ2v) is 10.2. The van der Waals surface area contributed by atoms with Crippen LogP contribution in [0.5, 0.6) is 0 Å². The third kappa shape index (κ3) is 5.47. The minimum absolute atomic E-state index is 0.294. The predicted molar refractivity (Wildman–Crippen MR) is 166 cm³/mol. The van der Waals surface area contributed by atoms with Gasteiger partial charge in [-0.05, 0) is 59.9 Å². The van der Waals surface area contributed by atoms with Crippen LogP contribution in [-0.2, 0) is 21.5 Å². The van der Waals surface area contributed by atoms with Gasteiger partial charge >= 0.3 is 5.97 Å². The van der Waals surface area contributed by atoms with Crippen LogP contribution in [0.25, 0.3) is 22.6 Å². The molecule has 0 saturated heterocycles. The average molecular weight is 553 g/mol. The average Bonchev–Trinajstić information content (AvgIpc) is 3.49. The van der Waals surface area contributed by atoms with Crippen LogP contribution in [0.2, 0.25) is 0 Å². The molecule has 6 rings (SSSR count). The number of rotatable bonds is 10. The highest BCUT2D eigenvalue weighted by Gasteiger charge is 2.40. The van der Waals surface area contributed by atoms with Crippen LogP contribution in [0, 0.1) is 0 Å². The highest BCUT2D eigenvalue weighted by Crippen LogP contribution is 2.37. The topological polar surface area (TPSA) is 64.4 Å². The van der Waals surface area contributed by atoms with Crippen molar-refractivity contribution in [3.05, 3.63) is 162 Å². The number of fused-ring (bicyclic) bond motifs is 1. The summed E-state index contributed by atoms with van der Waals surface area (Å²) >= 11 is 0. The highest BCUT2D eigenvalue weighted by molar-refractivity contribution is 5.77. The molecular weight excluding hydrogens is 520 g/mol. The number of esters is 1. The number of ether oxygens (including phenoxy) is 1. The first-order chi connectivity index (χ1) is 20.7. The number of carbonyl (C=O) groups is 1. The van der Waals surface area contributed by atoms with Crippen molar-refractivity contribution in [2.24, 2.45) is 0 Å². The molecule has 6 aromatic rings. The van der Waals surface area contributed by atoms with Crippen molar-refractivity contribution in [3.63, 3.8) is 0 Å². The molecule has 5 aromatic carbocycles. The van der Waals surface area contributed by atoms with E-state index in [1.54, 1.807) is 0 Å². The zero-order valence-corrected chi connectivity index (χ0v) is 23.4. The number of benzene rings is 5. The van der Waals surface area contributed by atoms with E-state index in [9.17, 15) is 4.79 Å². The Bertz CT molecular complexity index is 1620. The van der Waals surface area contributed by atoms with Gasteiger partial charge < -0.3 is 9.15 Å². The fourth-order valence-electron chi connectivity index (χ4n) is 5.53. The summed E-state index contributed by atoms with van der Waals surface area (Å²) in [5, 5.41) is 3.81. The van der Waals surface area contributed by atoms with Gasteiger partial charge in [-0.25, -0.2) is 4.98 Å². The lowest BCUT2D eigenvalue weighted by molar-refractivity contribution is -0.146. The van der Waals surface area contributed by atoms with E-state index < -0.39 is 11.6 Å². The van der Waals surface area contributed by atoms with Gasteiger partial charge in [-0.2, -0.15) is 0 Å². The molecule has 5 heteroatoms. The van der Waals surface area contributed by atoms with Crippen molar-refractivity contribution in [3.8, 4) is 11.5 Å². The molecule has 0 amide bonds. The van der Waals surface area contributed by atoms with Gasteiger partial charge in [0.1, 0.15) is 11.6 Å². The van der Waals surface area contributed by atoms with Gasteiger partial charge in [0.2, 0.25) is 5.89 Å². The lowest BCUT2D eigenvalue weighted by Gasteiger charge is -2.39. The zero-order chi connectivity index (χ0) is 28.8. The number of aromatic nitrogens is 1. The van der Waals surface area contributed by atoms with Gasteiger partial charge in [0.05, 0.1) is 12.1 Å². The molecule has 208 valence electrons.